The van der Waals surface area contributed by atoms with E-state index in [0.29, 0.717) is 0 Å². The Morgan fingerprint density at radius 1 is 0.333 bits per heavy atom. The summed E-state index contributed by atoms with van der Waals surface area (Å²) in [7, 11) is 0. The van der Waals surface area contributed by atoms with Gasteiger partial charge in [0.15, 0.2) is 0 Å². The lowest BCUT2D eigenvalue weighted by Crippen LogP contribution is -2.09. The second kappa shape index (κ2) is 14.9. The Labute approximate surface area is 350 Å². The molecule has 11 aromatic rings. The maximum absolute atomic E-state index is 2.44. The number of aromatic nitrogens is 1. The third-order valence-electron chi connectivity index (χ3n) is 12.1. The molecule has 0 fully saturated rings. The van der Waals surface area contributed by atoms with Crippen LogP contribution in [0.2, 0.25) is 0 Å². The maximum Gasteiger partial charge on any atom is 0.0541 e. The van der Waals surface area contributed by atoms with Gasteiger partial charge < -0.3 is 9.47 Å². The van der Waals surface area contributed by atoms with Crippen molar-refractivity contribution in [3.8, 4) is 39.1 Å². The summed E-state index contributed by atoms with van der Waals surface area (Å²) in [5, 5.41) is 7.60. The molecule has 0 aliphatic carbocycles. The van der Waals surface area contributed by atoms with Crippen molar-refractivity contribution in [3.63, 3.8) is 0 Å². The summed E-state index contributed by atoms with van der Waals surface area (Å²) in [6.45, 7) is 2.24. The Bertz CT molecular complexity index is 3210. The van der Waals surface area contributed by atoms with Crippen molar-refractivity contribution in [3.05, 3.63) is 230 Å². The molecular weight excluding hydrogens is 725 g/mol. The van der Waals surface area contributed by atoms with E-state index in [4.69, 9.17) is 0 Å². The van der Waals surface area contributed by atoms with Crippen LogP contribution in [0.3, 0.4) is 0 Å². The fourth-order valence-corrected chi connectivity index (χ4v) is 9.28. The lowest BCUT2D eigenvalue weighted by molar-refractivity contribution is 1.14. The molecule has 0 aliphatic heterocycles. The van der Waals surface area contributed by atoms with Crippen LogP contribution in [0, 0.1) is 0 Å². The quantitative estimate of drug-likeness (QED) is 0.140. The van der Waals surface area contributed by atoms with Crippen LogP contribution in [0.15, 0.2) is 224 Å². The van der Waals surface area contributed by atoms with Gasteiger partial charge in [-0.2, -0.15) is 0 Å². The zero-order valence-electron chi connectivity index (χ0n) is 33.5. The molecule has 60 heavy (non-hydrogen) atoms. The molecular formula is C58H42N2. The monoisotopic (exact) mass is 766 g/mol. The molecule has 0 N–H and O–H groups in total. The molecule has 1 heterocycles. The smallest absolute Gasteiger partial charge is 0.0541 e. The average Bonchev–Trinajstić information content (AvgIpc) is 3.65. The molecule has 284 valence electrons. The van der Waals surface area contributed by atoms with Crippen molar-refractivity contribution in [2.75, 3.05) is 4.90 Å². The SMILES string of the molecule is CCc1ccc2c(c1)c1cc(-c3ccc(N(c4ccccc4)c4ccccc4)cc3)ccc1n2-c1ccc(-c2c3ccccc3c(-c3ccccc3)c3ccccc23)cc1. The van der Waals surface area contributed by atoms with E-state index in [1.165, 1.54) is 82.3 Å². The van der Waals surface area contributed by atoms with Gasteiger partial charge in [-0.3, -0.25) is 0 Å². The number of anilines is 3. The normalized spacial score (nSPS) is 11.5. The zero-order valence-corrected chi connectivity index (χ0v) is 33.5. The van der Waals surface area contributed by atoms with Gasteiger partial charge in [-0.05, 0) is 140 Å². The molecule has 11 rings (SSSR count). The summed E-state index contributed by atoms with van der Waals surface area (Å²) in [4.78, 5) is 2.31. The Hall–Kier alpha value is -7.68. The van der Waals surface area contributed by atoms with E-state index in [0.717, 1.165) is 29.2 Å². The molecule has 10 aromatic carbocycles. The summed E-state index contributed by atoms with van der Waals surface area (Å²) in [6, 6.07) is 81.9. The third kappa shape index (κ3) is 6.04. The van der Waals surface area contributed by atoms with E-state index >= 15 is 0 Å². The average molecular weight is 767 g/mol. The second-order valence-electron chi connectivity index (χ2n) is 15.6. The fourth-order valence-electron chi connectivity index (χ4n) is 9.28. The summed E-state index contributed by atoms with van der Waals surface area (Å²) < 4.78 is 2.44. The van der Waals surface area contributed by atoms with Crippen molar-refractivity contribution in [1.82, 2.24) is 4.57 Å². The van der Waals surface area contributed by atoms with Crippen molar-refractivity contribution >= 4 is 60.4 Å². The summed E-state index contributed by atoms with van der Waals surface area (Å²) >= 11 is 0. The van der Waals surface area contributed by atoms with Gasteiger partial charge in [-0.1, -0.05) is 159 Å². The molecule has 2 nitrogen and oxygen atoms in total. The zero-order chi connectivity index (χ0) is 40.0. The number of nitrogens with zero attached hydrogens (tertiary/aromatic N) is 2. The number of hydrogen-bond donors (Lipinski definition) is 0. The first-order valence-electron chi connectivity index (χ1n) is 20.9. The van der Waals surface area contributed by atoms with Gasteiger partial charge in [0.1, 0.15) is 0 Å². The first-order chi connectivity index (χ1) is 29.7. The van der Waals surface area contributed by atoms with Crippen LogP contribution < -0.4 is 4.90 Å². The minimum absolute atomic E-state index is 0.989. The van der Waals surface area contributed by atoms with E-state index in [2.05, 4.69) is 241 Å². The van der Waals surface area contributed by atoms with Crippen LogP contribution >= 0.6 is 0 Å². The topological polar surface area (TPSA) is 8.17 Å². The highest BCUT2D eigenvalue weighted by atomic mass is 15.1. The number of benzene rings is 10. The lowest BCUT2D eigenvalue weighted by atomic mass is 9.86. The molecule has 2 heteroatoms. The molecule has 0 aliphatic rings. The van der Waals surface area contributed by atoms with Gasteiger partial charge >= 0.3 is 0 Å². The van der Waals surface area contributed by atoms with Crippen molar-refractivity contribution in [2.45, 2.75) is 13.3 Å². The Balaban J connectivity index is 1.01. The van der Waals surface area contributed by atoms with Gasteiger partial charge in [0.25, 0.3) is 0 Å². The minimum atomic E-state index is 0.989. The molecule has 0 atom stereocenters. The van der Waals surface area contributed by atoms with Gasteiger partial charge in [0.2, 0.25) is 0 Å². The highest BCUT2D eigenvalue weighted by Crippen LogP contribution is 2.44. The molecule has 0 saturated carbocycles. The summed E-state index contributed by atoms with van der Waals surface area (Å²) in [6.07, 6.45) is 0.989. The van der Waals surface area contributed by atoms with Crippen molar-refractivity contribution in [2.24, 2.45) is 0 Å². The molecule has 0 spiro atoms. The largest absolute Gasteiger partial charge is 0.311 e. The van der Waals surface area contributed by atoms with E-state index in [9.17, 15) is 0 Å². The Kier molecular flexibility index (Phi) is 8.82. The molecule has 0 unspecified atom stereocenters. The fraction of sp³-hybridized carbons (Fsp3) is 0.0345. The highest BCUT2D eigenvalue weighted by molar-refractivity contribution is 6.21. The van der Waals surface area contributed by atoms with Crippen LogP contribution in [-0.4, -0.2) is 4.57 Å². The maximum atomic E-state index is 2.44. The first kappa shape index (κ1) is 35.5. The third-order valence-corrected chi connectivity index (χ3v) is 12.1. The van der Waals surface area contributed by atoms with Gasteiger partial charge in [0, 0.05) is 33.5 Å². The number of para-hydroxylation sites is 2. The van der Waals surface area contributed by atoms with Crippen LogP contribution in [0.1, 0.15) is 12.5 Å². The standard InChI is InChI=1S/C58H42N2/c1-2-40-26-36-55-53(38-40)54-39-44(41-27-32-47(33-28-41)59(45-18-8-4-9-19-45)46-20-10-5-11-21-46)31-37-56(54)60(55)48-34-29-43(30-35-48)58-51-24-14-12-22-49(51)57(42-16-6-3-7-17-42)50-23-13-15-25-52(50)58/h3-39H,2H2,1H3. The molecule has 0 radical (unpaired) electrons. The lowest BCUT2D eigenvalue weighted by Gasteiger charge is -2.25. The number of aryl methyl sites for hydroxylation is 1. The Morgan fingerprint density at radius 3 is 1.28 bits per heavy atom. The van der Waals surface area contributed by atoms with Crippen LogP contribution in [-0.2, 0) is 6.42 Å². The van der Waals surface area contributed by atoms with Crippen LogP contribution in [0.25, 0.3) is 82.4 Å². The molecule has 0 saturated heterocycles. The van der Waals surface area contributed by atoms with Crippen molar-refractivity contribution < 1.29 is 0 Å². The van der Waals surface area contributed by atoms with E-state index in [-0.39, 0.29) is 0 Å². The predicted molar refractivity (Wildman–Crippen MR) is 256 cm³/mol. The predicted octanol–water partition coefficient (Wildman–Crippen LogP) is 16.1. The summed E-state index contributed by atoms with van der Waals surface area (Å²) in [5.74, 6) is 0. The van der Waals surface area contributed by atoms with Crippen LogP contribution in [0.5, 0.6) is 0 Å². The summed E-state index contributed by atoms with van der Waals surface area (Å²) in [5.41, 5.74) is 15.7. The van der Waals surface area contributed by atoms with Crippen molar-refractivity contribution in [1.29, 1.82) is 0 Å². The first-order valence-corrected chi connectivity index (χ1v) is 20.9. The highest BCUT2D eigenvalue weighted by Gasteiger charge is 2.19. The number of fused-ring (bicyclic) bond motifs is 5. The van der Waals surface area contributed by atoms with E-state index in [1.54, 1.807) is 0 Å². The van der Waals surface area contributed by atoms with Crippen LogP contribution in [0.4, 0.5) is 17.1 Å². The minimum Gasteiger partial charge on any atom is -0.311 e. The number of hydrogen-bond acceptors (Lipinski definition) is 1. The van der Waals surface area contributed by atoms with E-state index in [1.807, 2.05) is 0 Å². The molecule has 0 amide bonds. The second-order valence-corrected chi connectivity index (χ2v) is 15.6. The molecule has 1 aromatic heterocycles. The van der Waals surface area contributed by atoms with Gasteiger partial charge in [-0.15, -0.1) is 0 Å². The van der Waals surface area contributed by atoms with E-state index < -0.39 is 0 Å². The number of rotatable bonds is 8. The molecule has 0 bridgehead atoms. The van der Waals surface area contributed by atoms with Gasteiger partial charge in [-0.25, -0.2) is 0 Å². The van der Waals surface area contributed by atoms with Gasteiger partial charge in [0.05, 0.1) is 11.0 Å². The Morgan fingerprint density at radius 2 is 0.750 bits per heavy atom.